The summed E-state index contributed by atoms with van der Waals surface area (Å²) >= 11 is 0. The van der Waals surface area contributed by atoms with E-state index in [1.54, 1.807) is 24.3 Å². The molecule has 116 heavy (non-hydrogen) atoms. The molecule has 0 amide bonds. The summed E-state index contributed by atoms with van der Waals surface area (Å²) in [5, 5.41) is 21.7. The van der Waals surface area contributed by atoms with Crippen LogP contribution in [0.1, 0.15) is 27.4 Å². The van der Waals surface area contributed by atoms with Gasteiger partial charge in [0.2, 0.25) is 0 Å². The number of benzene rings is 23. The standard InChI is InChI=1S/2C40H26.C36H24/c1-2-12-27(13-3-1)30-24-25-37-38(26-30)40(34-23-11-17-29-15-5-7-19-32(29)34)36-21-9-8-20-35(36)39(37)33-22-10-16-28-14-4-6-18-31(28)33;1-2-10-27(11-3-1)32-22-23-37-38(26-32)40(34-21-19-29-13-5-7-15-31(29)25-34)36-17-9-8-16-35(36)39(37)33-20-18-28-12-4-6-14-30(28)24-33;1-3-12-26(13-4-1)35-31-17-9-10-18-32(31)36(27-14-5-2-6-15-27)34-24-30(21-22-33(34)35)29-20-19-25-11-7-8-16-28(25)23-29/h2*1-26H;1-24H/i1D,2D,3D,12D,13D;1D,2D,3D,10D,11D;1D,2D,3D,4D,5D,6D,12D,13D,14D,15D. The zero-order valence-electron chi connectivity index (χ0n) is 82.3. The minimum absolute atomic E-state index is 0.0236. The Morgan fingerprint density at radius 3 is 0.733 bits per heavy atom. The van der Waals surface area contributed by atoms with Crippen molar-refractivity contribution in [2.24, 2.45) is 0 Å². The van der Waals surface area contributed by atoms with Crippen LogP contribution in [-0.2, 0) is 0 Å². The second kappa shape index (κ2) is 29.9. The molecule has 23 rings (SSSR count). The van der Waals surface area contributed by atoms with Gasteiger partial charge in [0.1, 0.15) is 0 Å². The molecule has 0 aliphatic carbocycles. The van der Waals surface area contributed by atoms with E-state index in [-0.39, 0.29) is 94.8 Å². The molecule has 0 spiro atoms. The monoisotopic (exact) mass is 1490 g/mol. The van der Waals surface area contributed by atoms with Gasteiger partial charge in [0.25, 0.3) is 0 Å². The third-order valence-corrected chi connectivity index (χ3v) is 22.4. The van der Waals surface area contributed by atoms with Gasteiger partial charge >= 0.3 is 0 Å². The van der Waals surface area contributed by atoms with Crippen LogP contribution in [0.5, 0.6) is 0 Å². The molecule has 0 saturated heterocycles. The van der Waals surface area contributed by atoms with E-state index in [0.717, 1.165) is 147 Å². The predicted molar refractivity (Wildman–Crippen MR) is 501 cm³/mol. The SMILES string of the molecule is [2H]c1c([2H])c([2H])c(-c2c3ccccc3c(-c3c([2H])c([2H])c([2H])c([2H])c3[2H])c3cc(-c4ccc5ccccc5c4)ccc23)c([2H])c1[2H].[2H]c1c([2H])c([2H])c(-c2ccc3c(-c4ccc5ccccc5c4)c4ccccc4c(-c4ccc5ccccc5c4)c3c2)c([2H])c1[2H].[2H]c1c([2H])c([2H])c(-c2ccc3c(-c4cccc5ccccc45)c4ccccc4c(-c4cccc5ccccc45)c3c2)c([2H])c1[2H]. The molecule has 23 aromatic rings. The lowest BCUT2D eigenvalue weighted by atomic mass is 9.83. The zero-order chi connectivity index (χ0) is 94.2. The lowest BCUT2D eigenvalue weighted by Crippen LogP contribution is -1.93. The zero-order valence-corrected chi connectivity index (χ0v) is 62.3. The molecule has 0 atom stereocenters. The van der Waals surface area contributed by atoms with Crippen LogP contribution in [0.4, 0.5) is 0 Å². The van der Waals surface area contributed by atoms with Crippen molar-refractivity contribution < 1.29 is 27.4 Å². The Morgan fingerprint density at radius 1 is 0.121 bits per heavy atom. The minimum atomic E-state index is -0.500. The molecular formula is C116H76. The van der Waals surface area contributed by atoms with Crippen LogP contribution in [-0.4, -0.2) is 0 Å². The molecule has 0 aliphatic rings. The fourth-order valence-corrected chi connectivity index (χ4v) is 17.3. The van der Waals surface area contributed by atoms with E-state index in [0.29, 0.717) is 43.8 Å². The molecule has 0 heteroatoms. The summed E-state index contributed by atoms with van der Waals surface area (Å²) in [6.45, 7) is 0. The van der Waals surface area contributed by atoms with Crippen molar-refractivity contribution in [1.82, 2.24) is 0 Å². The van der Waals surface area contributed by atoms with Crippen molar-refractivity contribution in [3.63, 3.8) is 0 Å². The molecule has 0 N–H and O–H groups in total. The summed E-state index contributed by atoms with van der Waals surface area (Å²) in [6.07, 6.45) is 0. The van der Waals surface area contributed by atoms with Gasteiger partial charge < -0.3 is 0 Å². The summed E-state index contributed by atoms with van der Waals surface area (Å²) in [5.74, 6) is 0. The van der Waals surface area contributed by atoms with Gasteiger partial charge in [0, 0.05) is 0 Å². The smallest absolute Gasteiger partial charge is 0.0622 e. The highest BCUT2D eigenvalue weighted by Crippen LogP contribution is 2.51. The van der Waals surface area contributed by atoms with Crippen LogP contribution in [0.3, 0.4) is 0 Å². The highest BCUT2D eigenvalue weighted by Gasteiger charge is 2.23. The fourth-order valence-electron chi connectivity index (χ4n) is 17.3. The maximum Gasteiger partial charge on any atom is 0.0629 e. The maximum absolute atomic E-state index is 8.89. The van der Waals surface area contributed by atoms with Crippen LogP contribution >= 0.6 is 0 Å². The fraction of sp³-hybridized carbons (Fsp3) is 0. The summed E-state index contributed by atoms with van der Waals surface area (Å²) in [5.41, 5.74) is 12.8. The van der Waals surface area contributed by atoms with Crippen LogP contribution in [0.2, 0.25) is 0 Å². The molecule has 0 fully saturated rings. The van der Waals surface area contributed by atoms with Crippen LogP contribution in [0, 0.1) is 0 Å². The largest absolute Gasteiger partial charge is 0.0629 e. The molecule has 23 aromatic carbocycles. The Morgan fingerprint density at radius 2 is 0.345 bits per heavy atom. The van der Waals surface area contributed by atoms with Gasteiger partial charge in [-0.2, -0.15) is 0 Å². The number of hydrogen-bond donors (Lipinski definition) is 0. The average molecular weight is 1490 g/mol. The molecule has 0 aliphatic heterocycles. The van der Waals surface area contributed by atoms with Crippen LogP contribution < -0.4 is 0 Å². The first-order chi connectivity index (χ1) is 65.8. The predicted octanol–water partition coefficient (Wildman–Crippen LogP) is 32.7. The minimum Gasteiger partial charge on any atom is -0.0622 e. The summed E-state index contributed by atoms with van der Waals surface area (Å²) < 4.78 is 170. The Labute approximate surface area is 703 Å². The third-order valence-electron chi connectivity index (χ3n) is 22.4. The molecule has 0 aromatic heterocycles. The van der Waals surface area contributed by atoms with E-state index in [1.165, 1.54) is 5.39 Å². The van der Waals surface area contributed by atoms with Crippen molar-refractivity contribution >= 4 is 118 Å². The van der Waals surface area contributed by atoms with E-state index >= 15 is 0 Å². The third kappa shape index (κ3) is 12.5. The van der Waals surface area contributed by atoms with E-state index in [1.807, 2.05) is 109 Å². The molecule has 0 unspecified atom stereocenters. The first-order valence-electron chi connectivity index (χ1n) is 48.5. The van der Waals surface area contributed by atoms with Crippen molar-refractivity contribution in [3.8, 4) is 100 Å². The first-order valence-corrected chi connectivity index (χ1v) is 38.5. The van der Waals surface area contributed by atoms with Gasteiger partial charge in [-0.15, -0.1) is 0 Å². The normalized spacial score (nSPS) is 13.9. The molecule has 0 radical (unpaired) electrons. The number of fused-ring (bicyclic) bond motifs is 11. The average Bonchev–Trinajstić information content (AvgIpc) is 0.721. The lowest BCUT2D eigenvalue weighted by molar-refractivity contribution is 1.64. The van der Waals surface area contributed by atoms with E-state index in [9.17, 15) is 0 Å². The second-order valence-corrected chi connectivity index (χ2v) is 28.9. The topological polar surface area (TPSA) is 0 Å². The van der Waals surface area contributed by atoms with Gasteiger partial charge in [-0.1, -0.05) is 424 Å². The Hall–Kier alpha value is -15.1. The van der Waals surface area contributed by atoms with Gasteiger partial charge in [0.15, 0.2) is 0 Å². The quantitative estimate of drug-likeness (QED) is 0.126. The van der Waals surface area contributed by atoms with E-state index in [4.69, 9.17) is 27.4 Å². The lowest BCUT2D eigenvalue weighted by Gasteiger charge is -2.20. The second-order valence-electron chi connectivity index (χ2n) is 28.9. The van der Waals surface area contributed by atoms with Crippen LogP contribution in [0.15, 0.2) is 461 Å². The van der Waals surface area contributed by atoms with Crippen molar-refractivity contribution in [2.45, 2.75) is 0 Å². The Balaban J connectivity index is 0.000000122. The summed E-state index contributed by atoms with van der Waals surface area (Å²) in [6, 6.07) is 108. The Bertz CT molecular complexity index is 8950. The van der Waals surface area contributed by atoms with Gasteiger partial charge in [-0.05, 0) is 255 Å². The van der Waals surface area contributed by atoms with Gasteiger partial charge in [0.05, 0.1) is 27.4 Å². The van der Waals surface area contributed by atoms with Gasteiger partial charge in [-0.25, -0.2) is 0 Å². The van der Waals surface area contributed by atoms with Crippen molar-refractivity contribution in [3.05, 3.63) is 461 Å². The summed E-state index contributed by atoms with van der Waals surface area (Å²) in [4.78, 5) is 0. The van der Waals surface area contributed by atoms with E-state index in [2.05, 4.69) is 206 Å². The van der Waals surface area contributed by atoms with Crippen LogP contribution in [0.25, 0.3) is 219 Å². The molecule has 0 bridgehead atoms. The van der Waals surface area contributed by atoms with Crippen molar-refractivity contribution in [2.75, 3.05) is 0 Å². The number of hydrogen-bond acceptors (Lipinski definition) is 0. The van der Waals surface area contributed by atoms with Crippen molar-refractivity contribution in [1.29, 1.82) is 0 Å². The Kier molecular flexibility index (Phi) is 13.1. The summed E-state index contributed by atoms with van der Waals surface area (Å²) in [7, 11) is 0. The maximum atomic E-state index is 8.89. The molecule has 0 nitrogen and oxygen atoms in total. The van der Waals surface area contributed by atoms with Gasteiger partial charge in [-0.3, -0.25) is 0 Å². The van der Waals surface area contributed by atoms with E-state index < -0.39 is 48.3 Å². The first kappa shape index (κ1) is 50.7. The molecular weight excluding hydrogens is 1390 g/mol. The molecule has 0 heterocycles. The molecule has 540 valence electrons. The highest BCUT2D eigenvalue weighted by atomic mass is 14.3. The molecule has 0 saturated carbocycles. The highest BCUT2D eigenvalue weighted by molar-refractivity contribution is 6.27. The number of rotatable bonds is 9.